The van der Waals surface area contributed by atoms with Crippen molar-refractivity contribution in [2.24, 2.45) is 0 Å². The van der Waals surface area contributed by atoms with Crippen LogP contribution in [-0.2, 0) is 4.79 Å². The van der Waals surface area contributed by atoms with E-state index in [4.69, 9.17) is 0 Å². The maximum absolute atomic E-state index is 12.4. The predicted octanol–water partition coefficient (Wildman–Crippen LogP) is 12.3. The fourth-order valence-corrected chi connectivity index (χ4v) is 6.77. The fraction of sp³-hybridized carbons (Fsp3) is 0.812. The summed E-state index contributed by atoms with van der Waals surface area (Å²) in [6.45, 7) is 3.96. The molecule has 0 bridgehead atoms. The van der Waals surface area contributed by atoms with Crippen molar-refractivity contribution < 1.29 is 25.2 Å². The summed E-state index contributed by atoms with van der Waals surface area (Å²) in [4.78, 5) is 12.4. The largest absolute Gasteiger partial charge is 0.394 e. The Morgan fingerprint density at radius 2 is 0.796 bits per heavy atom. The zero-order chi connectivity index (χ0) is 39.6. The van der Waals surface area contributed by atoms with Gasteiger partial charge in [0.25, 0.3) is 0 Å². The molecule has 0 fully saturated rings. The molecule has 316 valence electrons. The van der Waals surface area contributed by atoms with Crippen LogP contribution in [0.25, 0.3) is 0 Å². The topological polar surface area (TPSA) is 110 Å². The molecular weight excluding hydrogens is 671 g/mol. The standard InChI is InChI=1S/C48H89NO5/c1-3-5-7-9-11-13-14-15-16-17-18-19-20-21-22-23-24-25-26-27-28-29-30-31-32-34-35-37-39-41-45(51)47(53)44(43-50)49-48(54)46(52)42-40-38-36-33-12-10-8-6-4-2/h10,12,25-26,29-30,34-35,44-47,50-53H,3-9,11,13-24,27-28,31-33,36-43H2,1-2H3,(H,49,54)/b12-10-,26-25+,30-29+,35-34+. The van der Waals surface area contributed by atoms with Gasteiger partial charge in [-0.1, -0.05) is 184 Å². The molecule has 0 saturated heterocycles. The molecule has 54 heavy (non-hydrogen) atoms. The van der Waals surface area contributed by atoms with E-state index in [1.807, 2.05) is 0 Å². The first kappa shape index (κ1) is 52.3. The highest BCUT2D eigenvalue weighted by molar-refractivity contribution is 5.80. The van der Waals surface area contributed by atoms with E-state index < -0.39 is 36.9 Å². The number of amides is 1. The average Bonchev–Trinajstić information content (AvgIpc) is 3.18. The molecule has 0 aromatic carbocycles. The third-order valence-electron chi connectivity index (χ3n) is 10.5. The second-order valence-corrected chi connectivity index (χ2v) is 15.7. The Morgan fingerprint density at radius 3 is 1.22 bits per heavy atom. The van der Waals surface area contributed by atoms with Gasteiger partial charge in [0.2, 0.25) is 5.91 Å². The zero-order valence-corrected chi connectivity index (χ0v) is 35.5. The molecule has 0 aliphatic rings. The van der Waals surface area contributed by atoms with Gasteiger partial charge in [0.1, 0.15) is 12.2 Å². The molecular formula is C48H89NO5. The van der Waals surface area contributed by atoms with E-state index in [0.29, 0.717) is 19.3 Å². The summed E-state index contributed by atoms with van der Waals surface area (Å²) in [5.41, 5.74) is 0. The van der Waals surface area contributed by atoms with Crippen molar-refractivity contribution in [3.8, 4) is 0 Å². The van der Waals surface area contributed by atoms with Gasteiger partial charge in [-0.15, -0.1) is 0 Å². The second kappa shape index (κ2) is 42.4. The van der Waals surface area contributed by atoms with Crippen LogP contribution in [0.4, 0.5) is 0 Å². The molecule has 4 atom stereocenters. The lowest BCUT2D eigenvalue weighted by molar-refractivity contribution is -0.132. The smallest absolute Gasteiger partial charge is 0.249 e. The Labute approximate surface area is 334 Å². The number of nitrogens with one attached hydrogen (secondary N) is 1. The van der Waals surface area contributed by atoms with Gasteiger partial charge in [0.15, 0.2) is 0 Å². The van der Waals surface area contributed by atoms with Crippen LogP contribution in [0.2, 0.25) is 0 Å². The first-order valence-electron chi connectivity index (χ1n) is 23.0. The number of carbonyl (C=O) groups is 1. The molecule has 0 radical (unpaired) electrons. The SMILES string of the molecule is CCCC/C=C\CCCCCC(O)C(=O)NC(CO)C(O)C(O)CCC/C=C/CC/C=C/CC/C=C/CCCCCCCCCCCCCCCCCC. The third kappa shape index (κ3) is 35.9. The normalized spacial score (nSPS) is 14.6. The minimum absolute atomic E-state index is 0.335. The van der Waals surface area contributed by atoms with Crippen LogP contribution >= 0.6 is 0 Å². The molecule has 0 aliphatic heterocycles. The van der Waals surface area contributed by atoms with E-state index in [-0.39, 0.29) is 0 Å². The summed E-state index contributed by atoms with van der Waals surface area (Å²) >= 11 is 0. The van der Waals surface area contributed by atoms with Crippen molar-refractivity contribution in [2.75, 3.05) is 6.61 Å². The van der Waals surface area contributed by atoms with Gasteiger partial charge in [-0.05, 0) is 83.5 Å². The Hall–Kier alpha value is -1.73. The summed E-state index contributed by atoms with van der Waals surface area (Å²) in [6, 6.07) is -1.02. The van der Waals surface area contributed by atoms with Crippen molar-refractivity contribution in [2.45, 2.75) is 244 Å². The molecule has 0 aromatic rings. The molecule has 0 heterocycles. The van der Waals surface area contributed by atoms with Crippen LogP contribution in [0.15, 0.2) is 48.6 Å². The van der Waals surface area contributed by atoms with Gasteiger partial charge in [0, 0.05) is 0 Å². The maximum Gasteiger partial charge on any atom is 0.249 e. The quantitative estimate of drug-likeness (QED) is 0.0315. The van der Waals surface area contributed by atoms with Gasteiger partial charge in [0.05, 0.1) is 18.8 Å². The van der Waals surface area contributed by atoms with Crippen LogP contribution in [0.3, 0.4) is 0 Å². The third-order valence-corrected chi connectivity index (χ3v) is 10.5. The number of rotatable bonds is 41. The van der Waals surface area contributed by atoms with Crippen molar-refractivity contribution in [1.82, 2.24) is 5.32 Å². The summed E-state index contributed by atoms with van der Waals surface area (Å²) in [6.07, 6.45) is 51.8. The second-order valence-electron chi connectivity index (χ2n) is 15.7. The Balaban J connectivity index is 3.72. The Morgan fingerprint density at radius 1 is 0.444 bits per heavy atom. The maximum atomic E-state index is 12.4. The number of hydrogen-bond acceptors (Lipinski definition) is 5. The molecule has 0 saturated carbocycles. The lowest BCUT2D eigenvalue weighted by atomic mass is 10.00. The van der Waals surface area contributed by atoms with Crippen LogP contribution in [0.1, 0.15) is 219 Å². The monoisotopic (exact) mass is 760 g/mol. The minimum Gasteiger partial charge on any atom is -0.394 e. The number of unbranched alkanes of at least 4 members (excludes halogenated alkanes) is 24. The Kier molecular flexibility index (Phi) is 41.1. The number of carbonyl (C=O) groups excluding carboxylic acids is 1. The van der Waals surface area contributed by atoms with Crippen LogP contribution in [0.5, 0.6) is 0 Å². The first-order valence-corrected chi connectivity index (χ1v) is 23.0. The summed E-state index contributed by atoms with van der Waals surface area (Å²) in [7, 11) is 0. The summed E-state index contributed by atoms with van der Waals surface area (Å²) in [5.74, 6) is -0.617. The lowest BCUT2D eigenvalue weighted by Gasteiger charge is -2.27. The van der Waals surface area contributed by atoms with Gasteiger partial charge >= 0.3 is 0 Å². The molecule has 6 nitrogen and oxygen atoms in total. The van der Waals surface area contributed by atoms with Crippen molar-refractivity contribution in [1.29, 1.82) is 0 Å². The molecule has 1 amide bonds. The van der Waals surface area contributed by atoms with Crippen molar-refractivity contribution in [3.05, 3.63) is 48.6 Å². The van der Waals surface area contributed by atoms with Crippen LogP contribution in [-0.4, -0.2) is 57.3 Å². The Bertz CT molecular complexity index is 900. The molecule has 4 unspecified atom stereocenters. The molecule has 0 aliphatic carbocycles. The molecule has 0 rings (SSSR count). The minimum atomic E-state index is -1.30. The first-order chi connectivity index (χ1) is 26.5. The molecule has 5 N–H and O–H groups in total. The van der Waals surface area contributed by atoms with Gasteiger partial charge in [-0.2, -0.15) is 0 Å². The van der Waals surface area contributed by atoms with E-state index in [9.17, 15) is 25.2 Å². The van der Waals surface area contributed by atoms with Crippen LogP contribution in [0, 0.1) is 0 Å². The molecule has 6 heteroatoms. The number of aliphatic hydroxyl groups excluding tert-OH is 4. The highest BCUT2D eigenvalue weighted by atomic mass is 16.3. The van der Waals surface area contributed by atoms with E-state index in [1.165, 1.54) is 122 Å². The fourth-order valence-electron chi connectivity index (χ4n) is 6.77. The number of aliphatic hydroxyl groups is 4. The average molecular weight is 760 g/mol. The number of hydrogen-bond donors (Lipinski definition) is 5. The molecule has 0 spiro atoms. The highest BCUT2D eigenvalue weighted by Crippen LogP contribution is 2.15. The lowest BCUT2D eigenvalue weighted by Crippen LogP contribution is -2.53. The number of allylic oxidation sites excluding steroid dienone is 8. The van der Waals surface area contributed by atoms with E-state index in [2.05, 4.69) is 67.8 Å². The van der Waals surface area contributed by atoms with Gasteiger partial charge in [-0.25, -0.2) is 0 Å². The predicted molar refractivity (Wildman–Crippen MR) is 233 cm³/mol. The summed E-state index contributed by atoms with van der Waals surface area (Å²) < 4.78 is 0. The van der Waals surface area contributed by atoms with Crippen molar-refractivity contribution >= 4 is 5.91 Å². The van der Waals surface area contributed by atoms with Gasteiger partial charge in [-0.3, -0.25) is 4.79 Å². The van der Waals surface area contributed by atoms with E-state index in [0.717, 1.165) is 64.2 Å². The molecule has 0 aromatic heterocycles. The van der Waals surface area contributed by atoms with E-state index in [1.54, 1.807) is 0 Å². The van der Waals surface area contributed by atoms with Gasteiger partial charge < -0.3 is 25.7 Å². The van der Waals surface area contributed by atoms with E-state index >= 15 is 0 Å². The van der Waals surface area contributed by atoms with Crippen molar-refractivity contribution in [3.63, 3.8) is 0 Å². The highest BCUT2D eigenvalue weighted by Gasteiger charge is 2.28. The zero-order valence-electron chi connectivity index (χ0n) is 35.5. The summed E-state index contributed by atoms with van der Waals surface area (Å²) in [5, 5.41) is 43.4. The van der Waals surface area contributed by atoms with Crippen LogP contribution < -0.4 is 5.32 Å².